The topological polar surface area (TPSA) is 29.1 Å². The highest BCUT2D eigenvalue weighted by atomic mass is 32.1. The van der Waals surface area contributed by atoms with Gasteiger partial charge in [-0.05, 0) is 53.3 Å². The van der Waals surface area contributed by atoms with Gasteiger partial charge in [-0.3, -0.25) is 4.79 Å². The largest absolute Gasteiger partial charge is 0.471 e. The van der Waals surface area contributed by atoms with Gasteiger partial charge in [0.2, 0.25) is 0 Å². The molecule has 0 aliphatic heterocycles. The van der Waals surface area contributed by atoms with Crippen molar-refractivity contribution in [1.29, 1.82) is 0 Å². The molecule has 0 fully saturated rings. The van der Waals surface area contributed by atoms with E-state index in [1.807, 2.05) is 23.6 Å². The number of carbonyl (C=O) groups excluding carboxylic acids is 1. The highest BCUT2D eigenvalue weighted by Crippen LogP contribution is 2.37. The third-order valence-corrected chi connectivity index (χ3v) is 4.50. The highest BCUT2D eigenvalue weighted by molar-refractivity contribution is 7.17. The summed E-state index contributed by atoms with van der Waals surface area (Å²) in [5, 5.41) is 5.01. The van der Waals surface area contributed by atoms with E-state index in [2.05, 4.69) is 5.32 Å². The molecule has 6 heteroatoms. The zero-order valence-corrected chi connectivity index (χ0v) is 11.3. The third kappa shape index (κ3) is 2.28. The number of carbonyl (C=O) groups is 1. The Hall–Kier alpha value is -1.56. The molecule has 0 bridgehead atoms. The predicted molar refractivity (Wildman–Crippen MR) is 71.7 cm³/mol. The van der Waals surface area contributed by atoms with Crippen LogP contribution < -0.4 is 5.32 Å². The molecule has 1 aliphatic carbocycles. The van der Waals surface area contributed by atoms with Crippen molar-refractivity contribution in [3.05, 3.63) is 34.7 Å². The van der Waals surface area contributed by atoms with Crippen molar-refractivity contribution < 1.29 is 18.0 Å². The fraction of sp³-hybridized carbons (Fsp3) is 0.357. The molecule has 0 saturated carbocycles. The minimum atomic E-state index is -4.83. The Labute approximate surface area is 117 Å². The number of benzene rings is 1. The number of hydrogen-bond acceptors (Lipinski definition) is 2. The van der Waals surface area contributed by atoms with Gasteiger partial charge in [0.1, 0.15) is 0 Å². The van der Waals surface area contributed by atoms with E-state index in [0.29, 0.717) is 6.42 Å². The van der Waals surface area contributed by atoms with Crippen LogP contribution in [0.4, 0.5) is 13.2 Å². The normalized spacial score (nSPS) is 18.9. The van der Waals surface area contributed by atoms with E-state index >= 15 is 0 Å². The molecule has 0 radical (unpaired) electrons. The Morgan fingerprint density at radius 1 is 1.30 bits per heavy atom. The van der Waals surface area contributed by atoms with Crippen LogP contribution in [0.25, 0.3) is 10.1 Å². The first-order valence-electron chi connectivity index (χ1n) is 6.33. The number of amides is 1. The fourth-order valence-electron chi connectivity index (χ4n) is 2.77. The van der Waals surface area contributed by atoms with Crippen LogP contribution in [-0.2, 0) is 11.2 Å². The van der Waals surface area contributed by atoms with Gasteiger partial charge in [0, 0.05) is 4.70 Å². The zero-order chi connectivity index (χ0) is 14.3. The Balaban J connectivity index is 2.00. The lowest BCUT2D eigenvalue weighted by Crippen LogP contribution is -2.40. The number of thiophene rings is 1. The molecular weight excluding hydrogens is 287 g/mol. The standard InChI is InChI=1S/C14H12F3NOS/c15-14(16,17)13(19)18-10-3-1-2-8-4-5-11-9(12(8)10)6-7-20-11/h4-7,10H,1-3H2,(H,18,19). The van der Waals surface area contributed by atoms with E-state index in [1.165, 1.54) is 0 Å². The van der Waals surface area contributed by atoms with Gasteiger partial charge < -0.3 is 5.32 Å². The highest BCUT2D eigenvalue weighted by Gasteiger charge is 2.40. The third-order valence-electron chi connectivity index (χ3n) is 3.62. The van der Waals surface area contributed by atoms with Crippen LogP contribution >= 0.6 is 11.3 Å². The summed E-state index contributed by atoms with van der Waals surface area (Å²) in [6.45, 7) is 0. The molecule has 1 aromatic heterocycles. The van der Waals surface area contributed by atoms with Gasteiger partial charge in [-0.25, -0.2) is 0 Å². The van der Waals surface area contributed by atoms with Crippen LogP contribution in [0.2, 0.25) is 0 Å². The van der Waals surface area contributed by atoms with Gasteiger partial charge in [0.15, 0.2) is 0 Å². The van der Waals surface area contributed by atoms with Crippen LogP contribution in [0.5, 0.6) is 0 Å². The van der Waals surface area contributed by atoms with Crippen LogP contribution in [0.1, 0.15) is 30.0 Å². The van der Waals surface area contributed by atoms with Crippen molar-refractivity contribution in [2.75, 3.05) is 0 Å². The number of alkyl halides is 3. The minimum absolute atomic E-state index is 0.545. The predicted octanol–water partition coefficient (Wildman–Crippen LogP) is 3.96. The van der Waals surface area contributed by atoms with Crippen LogP contribution in [0.15, 0.2) is 23.6 Å². The summed E-state index contributed by atoms with van der Waals surface area (Å²) in [6.07, 6.45) is -2.66. The smallest absolute Gasteiger partial charge is 0.341 e. The SMILES string of the molecule is O=C(NC1CCCc2ccc3sccc3c21)C(F)(F)F. The van der Waals surface area contributed by atoms with Gasteiger partial charge in [-0.1, -0.05) is 6.07 Å². The monoisotopic (exact) mass is 299 g/mol. The van der Waals surface area contributed by atoms with Crippen LogP contribution in [0, 0.1) is 0 Å². The number of rotatable bonds is 1. The molecular formula is C14H12F3NOS. The summed E-state index contributed by atoms with van der Waals surface area (Å²) in [5.41, 5.74) is 1.89. The number of aryl methyl sites for hydroxylation is 1. The van der Waals surface area contributed by atoms with Gasteiger partial charge in [-0.15, -0.1) is 11.3 Å². The number of halogens is 3. The molecule has 0 saturated heterocycles. The maximum atomic E-state index is 12.4. The van der Waals surface area contributed by atoms with Crippen molar-refractivity contribution >= 4 is 27.3 Å². The average Bonchev–Trinajstić information content (AvgIpc) is 2.85. The molecule has 2 nitrogen and oxygen atoms in total. The quantitative estimate of drug-likeness (QED) is 0.848. The summed E-state index contributed by atoms with van der Waals surface area (Å²) in [5.74, 6) is -1.86. The van der Waals surface area contributed by atoms with Crippen molar-refractivity contribution in [3.63, 3.8) is 0 Å². The van der Waals surface area contributed by atoms with E-state index in [1.54, 1.807) is 11.3 Å². The second-order valence-electron chi connectivity index (χ2n) is 4.89. The molecule has 106 valence electrons. The molecule has 1 amide bonds. The van der Waals surface area contributed by atoms with Crippen LogP contribution in [-0.4, -0.2) is 12.1 Å². The van der Waals surface area contributed by atoms with Gasteiger partial charge >= 0.3 is 12.1 Å². The Morgan fingerprint density at radius 3 is 2.85 bits per heavy atom. The Kier molecular flexibility index (Phi) is 3.20. The maximum Gasteiger partial charge on any atom is 0.471 e. The number of fused-ring (bicyclic) bond motifs is 3. The molecule has 2 aromatic rings. The van der Waals surface area contributed by atoms with Crippen molar-refractivity contribution in [2.24, 2.45) is 0 Å². The van der Waals surface area contributed by atoms with Gasteiger partial charge in [-0.2, -0.15) is 13.2 Å². The average molecular weight is 299 g/mol. The zero-order valence-electron chi connectivity index (χ0n) is 10.5. The fourth-order valence-corrected chi connectivity index (χ4v) is 3.57. The van der Waals surface area contributed by atoms with Crippen molar-refractivity contribution in [3.8, 4) is 0 Å². The lowest BCUT2D eigenvalue weighted by atomic mass is 9.85. The second kappa shape index (κ2) is 4.77. The molecule has 1 atom stereocenters. The first-order chi connectivity index (χ1) is 9.47. The Bertz CT molecular complexity index is 662. The first kappa shape index (κ1) is 13.4. The molecule has 1 heterocycles. The molecule has 0 spiro atoms. The van der Waals surface area contributed by atoms with E-state index in [4.69, 9.17) is 0 Å². The van der Waals surface area contributed by atoms with E-state index < -0.39 is 18.1 Å². The molecule has 1 aliphatic rings. The maximum absolute atomic E-state index is 12.4. The summed E-state index contributed by atoms with van der Waals surface area (Å²) in [4.78, 5) is 11.2. The lowest BCUT2D eigenvalue weighted by Gasteiger charge is -2.27. The molecule has 20 heavy (non-hydrogen) atoms. The van der Waals surface area contributed by atoms with E-state index in [0.717, 1.165) is 34.1 Å². The van der Waals surface area contributed by atoms with Crippen molar-refractivity contribution in [2.45, 2.75) is 31.5 Å². The van der Waals surface area contributed by atoms with Gasteiger partial charge in [0.25, 0.3) is 0 Å². The summed E-state index contributed by atoms with van der Waals surface area (Å²) in [7, 11) is 0. The summed E-state index contributed by atoms with van der Waals surface area (Å²) in [6, 6.07) is 5.32. The van der Waals surface area contributed by atoms with Crippen molar-refractivity contribution in [1.82, 2.24) is 5.32 Å². The number of hydrogen-bond donors (Lipinski definition) is 1. The number of nitrogens with one attached hydrogen (secondary N) is 1. The molecule has 1 unspecified atom stereocenters. The summed E-state index contributed by atoms with van der Waals surface area (Å²) >= 11 is 1.55. The van der Waals surface area contributed by atoms with E-state index in [-0.39, 0.29) is 0 Å². The van der Waals surface area contributed by atoms with Crippen LogP contribution in [0.3, 0.4) is 0 Å². The Morgan fingerprint density at radius 2 is 2.10 bits per heavy atom. The van der Waals surface area contributed by atoms with E-state index in [9.17, 15) is 18.0 Å². The molecule has 1 aromatic carbocycles. The minimum Gasteiger partial charge on any atom is -0.341 e. The lowest BCUT2D eigenvalue weighted by molar-refractivity contribution is -0.174. The molecule has 1 N–H and O–H groups in total. The first-order valence-corrected chi connectivity index (χ1v) is 7.21. The van der Waals surface area contributed by atoms with Gasteiger partial charge in [0.05, 0.1) is 6.04 Å². The summed E-state index contributed by atoms with van der Waals surface area (Å²) < 4.78 is 38.3. The second-order valence-corrected chi connectivity index (χ2v) is 5.83. The molecule has 3 rings (SSSR count).